The minimum Gasteiger partial charge on any atom is -0.507 e. The SMILES string of the molecule is CC(C)(C)c1cc(CCC(=O)C2NC(C(=O)CCc3cc(C(C)(C)C)c(O)c(C(C)(C)C)c3)NC(C(=O)CCc3cc(C(C)(C)C)c(O)c(C(C)(C)C)c3)N2)cc(C(C)(C)C)c1O. The van der Waals surface area contributed by atoms with Crippen molar-refractivity contribution >= 4 is 17.3 Å². The van der Waals surface area contributed by atoms with Crippen LogP contribution in [0, 0.1) is 0 Å². The summed E-state index contributed by atoms with van der Waals surface area (Å²) in [5, 5.41) is 43.6. The molecule has 1 aliphatic rings. The zero-order chi connectivity index (χ0) is 48.0. The first-order valence-corrected chi connectivity index (χ1v) is 23.0. The van der Waals surface area contributed by atoms with Crippen molar-refractivity contribution in [3.8, 4) is 17.2 Å². The molecule has 1 heterocycles. The van der Waals surface area contributed by atoms with Crippen LogP contribution in [-0.2, 0) is 66.1 Å². The van der Waals surface area contributed by atoms with E-state index in [1.807, 2.05) is 36.4 Å². The highest BCUT2D eigenvalue weighted by atomic mass is 16.3. The molecule has 9 heteroatoms. The molecule has 3 aromatic rings. The van der Waals surface area contributed by atoms with Gasteiger partial charge in [0.2, 0.25) is 0 Å². The van der Waals surface area contributed by atoms with Gasteiger partial charge in [0.25, 0.3) is 0 Å². The molecular formula is C54H81N3O6. The third-order valence-electron chi connectivity index (χ3n) is 12.3. The van der Waals surface area contributed by atoms with Gasteiger partial charge in [0, 0.05) is 19.3 Å². The van der Waals surface area contributed by atoms with E-state index >= 15 is 0 Å². The summed E-state index contributed by atoms with van der Waals surface area (Å²) < 4.78 is 0. The largest absolute Gasteiger partial charge is 0.507 e. The van der Waals surface area contributed by atoms with Gasteiger partial charge in [-0.1, -0.05) is 161 Å². The lowest BCUT2D eigenvalue weighted by Crippen LogP contribution is -2.73. The van der Waals surface area contributed by atoms with E-state index in [0.717, 1.165) is 50.1 Å². The number of aromatic hydroxyl groups is 3. The second-order valence-corrected chi connectivity index (χ2v) is 24.3. The van der Waals surface area contributed by atoms with Gasteiger partial charge in [-0.25, -0.2) is 0 Å². The summed E-state index contributed by atoms with van der Waals surface area (Å²) in [5.74, 6) is 0.302. The van der Waals surface area contributed by atoms with Gasteiger partial charge in [-0.15, -0.1) is 0 Å². The lowest BCUT2D eigenvalue weighted by Gasteiger charge is -2.37. The third kappa shape index (κ3) is 12.8. The Balaban J connectivity index is 1.65. The number of carbonyl (C=O) groups is 3. The van der Waals surface area contributed by atoms with Crippen LogP contribution in [-0.4, -0.2) is 51.2 Å². The molecule has 1 aliphatic heterocycles. The van der Waals surface area contributed by atoms with Gasteiger partial charge in [-0.3, -0.25) is 30.3 Å². The predicted molar refractivity (Wildman–Crippen MR) is 257 cm³/mol. The molecule has 0 atom stereocenters. The lowest BCUT2D eigenvalue weighted by molar-refractivity contribution is -0.130. The van der Waals surface area contributed by atoms with E-state index in [2.05, 4.69) is 141 Å². The van der Waals surface area contributed by atoms with Crippen LogP contribution in [0.2, 0.25) is 0 Å². The number of nitrogens with one attached hydrogen (secondary N) is 3. The van der Waals surface area contributed by atoms with Crippen LogP contribution in [0.25, 0.3) is 0 Å². The molecule has 0 spiro atoms. The molecule has 9 nitrogen and oxygen atoms in total. The highest BCUT2D eigenvalue weighted by Crippen LogP contribution is 2.43. The maximum absolute atomic E-state index is 14.2. The Morgan fingerprint density at radius 3 is 0.667 bits per heavy atom. The van der Waals surface area contributed by atoms with Crippen molar-refractivity contribution in [2.24, 2.45) is 0 Å². The van der Waals surface area contributed by atoms with Crippen LogP contribution in [0.4, 0.5) is 0 Å². The van der Waals surface area contributed by atoms with Crippen LogP contribution in [0.1, 0.15) is 194 Å². The predicted octanol–water partition coefficient (Wildman–Crippen LogP) is 10.3. The molecule has 0 amide bonds. The maximum Gasteiger partial charge on any atom is 0.164 e. The molecular weight excluding hydrogens is 787 g/mol. The number of phenols is 3. The molecule has 1 saturated heterocycles. The quantitative estimate of drug-likeness (QED) is 0.105. The summed E-state index contributed by atoms with van der Waals surface area (Å²) >= 11 is 0. The topological polar surface area (TPSA) is 148 Å². The molecule has 0 unspecified atom stereocenters. The Morgan fingerprint density at radius 1 is 0.365 bits per heavy atom. The molecule has 0 aromatic heterocycles. The average Bonchev–Trinajstić information content (AvgIpc) is 3.13. The van der Waals surface area contributed by atoms with E-state index in [4.69, 9.17) is 0 Å². The highest BCUT2D eigenvalue weighted by molar-refractivity contribution is 5.91. The number of rotatable bonds is 12. The van der Waals surface area contributed by atoms with Crippen LogP contribution in [0.5, 0.6) is 17.2 Å². The number of carbonyl (C=O) groups excluding carboxylic acids is 3. The number of hydrogen-bond acceptors (Lipinski definition) is 9. The molecule has 1 fully saturated rings. The number of benzene rings is 3. The van der Waals surface area contributed by atoms with Gasteiger partial charge in [-0.2, -0.15) is 0 Å². The van der Waals surface area contributed by atoms with Gasteiger partial charge in [0.05, 0.1) is 0 Å². The van der Waals surface area contributed by atoms with E-state index in [1.54, 1.807) is 0 Å². The third-order valence-corrected chi connectivity index (χ3v) is 12.3. The molecule has 348 valence electrons. The average molecular weight is 868 g/mol. The van der Waals surface area contributed by atoms with E-state index in [9.17, 15) is 29.7 Å². The van der Waals surface area contributed by atoms with Crippen LogP contribution < -0.4 is 16.0 Å². The van der Waals surface area contributed by atoms with Gasteiger partial charge < -0.3 is 15.3 Å². The molecule has 3 aromatic carbocycles. The zero-order valence-electron chi connectivity index (χ0n) is 42.0. The fraction of sp³-hybridized carbons (Fsp3) is 0.611. The van der Waals surface area contributed by atoms with Crippen molar-refractivity contribution in [3.05, 3.63) is 86.5 Å². The summed E-state index contributed by atoms with van der Waals surface area (Å²) in [4.78, 5) is 42.6. The Kier molecular flexibility index (Phi) is 15.1. The Morgan fingerprint density at radius 2 is 0.524 bits per heavy atom. The lowest BCUT2D eigenvalue weighted by atomic mass is 9.78. The summed E-state index contributed by atoms with van der Waals surface area (Å²) in [6.45, 7) is 37.1. The molecule has 0 radical (unpaired) electrons. The van der Waals surface area contributed by atoms with Crippen molar-refractivity contribution in [3.63, 3.8) is 0 Å². The van der Waals surface area contributed by atoms with Crippen molar-refractivity contribution < 1.29 is 29.7 Å². The minimum absolute atomic E-state index is 0.141. The van der Waals surface area contributed by atoms with Crippen molar-refractivity contribution in [2.75, 3.05) is 0 Å². The van der Waals surface area contributed by atoms with E-state index in [0.29, 0.717) is 19.3 Å². The summed E-state index contributed by atoms with van der Waals surface area (Å²) in [7, 11) is 0. The zero-order valence-corrected chi connectivity index (χ0v) is 42.0. The highest BCUT2D eigenvalue weighted by Gasteiger charge is 2.38. The molecule has 6 N–H and O–H groups in total. The first kappa shape index (κ1) is 51.6. The summed E-state index contributed by atoms with van der Waals surface area (Å²) in [5.41, 5.74) is 5.78. The standard InChI is InChI=1S/C54H81N3O6/c1-49(2,3)34-25-31(26-35(43(34)61)50(4,5)6)19-22-40(58)46-55-47(41(59)23-20-32-27-36(51(7,8)9)44(62)37(28-32)52(10,11)12)57-48(56-46)42(60)24-21-33-29-38(53(13,14)15)45(63)39(30-33)54(16,17)18/h25-30,46-48,55-57,61-63H,19-24H2,1-18H3. The van der Waals surface area contributed by atoms with Gasteiger partial charge >= 0.3 is 0 Å². The maximum atomic E-state index is 14.2. The number of Topliss-reactive ketones (excluding diaryl/α,β-unsaturated/α-hetero) is 3. The number of aryl methyl sites for hydroxylation is 3. The Bertz CT molecular complexity index is 1820. The first-order chi connectivity index (χ1) is 28.5. The van der Waals surface area contributed by atoms with Crippen molar-refractivity contribution in [1.29, 1.82) is 0 Å². The monoisotopic (exact) mass is 868 g/mol. The number of ketones is 3. The van der Waals surface area contributed by atoms with Crippen molar-refractivity contribution in [1.82, 2.24) is 16.0 Å². The van der Waals surface area contributed by atoms with Crippen molar-refractivity contribution in [2.45, 2.75) is 214 Å². The molecule has 0 aliphatic carbocycles. The fourth-order valence-electron chi connectivity index (χ4n) is 8.38. The van der Waals surface area contributed by atoms with Gasteiger partial charge in [0.15, 0.2) is 17.3 Å². The minimum atomic E-state index is -0.974. The Labute approximate surface area is 379 Å². The molecule has 4 rings (SSSR count). The van der Waals surface area contributed by atoms with Crippen LogP contribution >= 0.6 is 0 Å². The van der Waals surface area contributed by atoms with Gasteiger partial charge in [-0.05, 0) is 102 Å². The molecule has 0 saturated carbocycles. The first-order valence-electron chi connectivity index (χ1n) is 23.0. The van der Waals surface area contributed by atoms with E-state index in [1.165, 1.54) is 0 Å². The smallest absolute Gasteiger partial charge is 0.164 e. The van der Waals surface area contributed by atoms with Crippen LogP contribution in [0.3, 0.4) is 0 Å². The summed E-state index contributed by atoms with van der Waals surface area (Å²) in [6.07, 6.45) is -1.26. The van der Waals surface area contributed by atoms with E-state index in [-0.39, 0.29) is 86.4 Å². The fourth-order valence-corrected chi connectivity index (χ4v) is 8.38. The van der Waals surface area contributed by atoms with Crippen LogP contribution in [0.15, 0.2) is 36.4 Å². The number of phenolic OH excluding ortho intramolecular Hbond substituents is 3. The van der Waals surface area contributed by atoms with E-state index < -0.39 is 18.5 Å². The second kappa shape index (κ2) is 18.4. The normalized spacial score (nSPS) is 18.1. The Hall–Kier alpha value is -4.05. The summed E-state index contributed by atoms with van der Waals surface area (Å²) in [6, 6.07) is 11.9. The molecule has 0 bridgehead atoms. The molecule has 63 heavy (non-hydrogen) atoms. The second-order valence-electron chi connectivity index (χ2n) is 24.3. The number of hydrogen-bond donors (Lipinski definition) is 6. The van der Waals surface area contributed by atoms with Gasteiger partial charge in [0.1, 0.15) is 35.7 Å².